The summed E-state index contributed by atoms with van der Waals surface area (Å²) in [5.41, 5.74) is 3.11. The molecule has 8 heteroatoms. The highest BCUT2D eigenvalue weighted by Gasteiger charge is 2.31. The molecule has 4 rings (SSSR count). The molecule has 32 heavy (non-hydrogen) atoms. The first-order valence-corrected chi connectivity index (χ1v) is 11.6. The number of aliphatic carboxylic acids is 1. The fourth-order valence-electron chi connectivity index (χ4n) is 3.85. The number of carboxylic acid groups (broad SMARTS) is 1. The van der Waals surface area contributed by atoms with Crippen molar-refractivity contribution < 1.29 is 18.3 Å². The van der Waals surface area contributed by atoms with Crippen molar-refractivity contribution in [1.82, 2.24) is 14.3 Å². The highest BCUT2D eigenvalue weighted by atomic mass is 32.2. The molecule has 0 aliphatic heterocycles. The van der Waals surface area contributed by atoms with E-state index < -0.39 is 22.0 Å². The lowest BCUT2D eigenvalue weighted by atomic mass is 10.1. The quantitative estimate of drug-likeness (QED) is 0.421. The van der Waals surface area contributed by atoms with E-state index in [1.54, 1.807) is 30.3 Å². The minimum atomic E-state index is -3.89. The molecular formula is C24H23N3O4S. The average molecular weight is 450 g/mol. The number of rotatable bonds is 8. The van der Waals surface area contributed by atoms with Crippen LogP contribution in [-0.4, -0.2) is 33.8 Å². The van der Waals surface area contributed by atoms with Crippen molar-refractivity contribution in [3.8, 4) is 0 Å². The van der Waals surface area contributed by atoms with E-state index in [2.05, 4.69) is 9.97 Å². The summed E-state index contributed by atoms with van der Waals surface area (Å²) in [6.45, 7) is 1.94. The first kappa shape index (κ1) is 21.7. The first-order valence-electron chi connectivity index (χ1n) is 10.1. The normalized spacial score (nSPS) is 12.8. The van der Waals surface area contributed by atoms with E-state index in [1.165, 1.54) is 22.8 Å². The molecule has 2 aromatic carbocycles. The Labute approximate surface area is 186 Å². The number of aromatic nitrogens is 2. The monoisotopic (exact) mass is 449 g/mol. The van der Waals surface area contributed by atoms with Gasteiger partial charge in [0.05, 0.1) is 6.42 Å². The van der Waals surface area contributed by atoms with E-state index in [9.17, 15) is 13.2 Å². The lowest BCUT2D eigenvalue weighted by Crippen LogP contribution is -2.33. The summed E-state index contributed by atoms with van der Waals surface area (Å²) in [5.74, 6) is -0.936. The molecule has 7 nitrogen and oxygen atoms in total. The number of nitrogens with one attached hydrogen (secondary N) is 1. The van der Waals surface area contributed by atoms with Crippen LogP contribution in [0.2, 0.25) is 0 Å². The van der Waals surface area contributed by atoms with Crippen LogP contribution < -0.4 is 0 Å². The van der Waals surface area contributed by atoms with Gasteiger partial charge in [-0.25, -0.2) is 8.42 Å². The maximum absolute atomic E-state index is 13.7. The Kier molecular flexibility index (Phi) is 6.07. The number of para-hydroxylation sites is 1. The van der Waals surface area contributed by atoms with Crippen LogP contribution in [0.3, 0.4) is 0 Å². The topological polar surface area (TPSA) is 103 Å². The number of carboxylic acids is 1. The Bertz CT molecular complexity index is 1350. The molecule has 2 aromatic heterocycles. The van der Waals surface area contributed by atoms with E-state index in [1.807, 2.05) is 37.4 Å². The first-order chi connectivity index (χ1) is 15.4. The molecule has 0 spiro atoms. The number of pyridine rings is 1. The van der Waals surface area contributed by atoms with Crippen LogP contribution in [0.1, 0.15) is 29.7 Å². The van der Waals surface area contributed by atoms with Gasteiger partial charge in [-0.2, -0.15) is 4.31 Å². The van der Waals surface area contributed by atoms with Crippen LogP contribution in [0, 0.1) is 0 Å². The van der Waals surface area contributed by atoms with Crippen LogP contribution in [0.4, 0.5) is 0 Å². The summed E-state index contributed by atoms with van der Waals surface area (Å²) < 4.78 is 28.7. The van der Waals surface area contributed by atoms with E-state index in [0.717, 1.165) is 16.5 Å². The number of H-pyrrole nitrogens is 1. The minimum absolute atomic E-state index is 0.0887. The lowest BCUT2D eigenvalue weighted by Gasteiger charge is -2.28. The number of hydrogen-bond donors (Lipinski definition) is 2. The zero-order chi connectivity index (χ0) is 22.7. The number of sulfonamides is 1. The molecule has 0 fully saturated rings. The van der Waals surface area contributed by atoms with Gasteiger partial charge in [-0.05, 0) is 41.8 Å². The van der Waals surface area contributed by atoms with Crippen LogP contribution in [0.25, 0.3) is 10.9 Å². The molecule has 164 valence electrons. The molecule has 0 aliphatic rings. The predicted molar refractivity (Wildman–Crippen MR) is 121 cm³/mol. The second kappa shape index (κ2) is 8.94. The van der Waals surface area contributed by atoms with Crippen molar-refractivity contribution in [3.05, 3.63) is 95.9 Å². The van der Waals surface area contributed by atoms with Gasteiger partial charge < -0.3 is 10.1 Å². The second-order valence-electron chi connectivity index (χ2n) is 7.60. The zero-order valence-corrected chi connectivity index (χ0v) is 18.3. The van der Waals surface area contributed by atoms with Gasteiger partial charge in [0.25, 0.3) is 0 Å². The van der Waals surface area contributed by atoms with Crippen LogP contribution in [0.5, 0.6) is 0 Å². The second-order valence-corrected chi connectivity index (χ2v) is 9.49. The summed E-state index contributed by atoms with van der Waals surface area (Å²) in [7, 11) is -3.89. The Morgan fingerprint density at radius 1 is 1.09 bits per heavy atom. The highest BCUT2D eigenvalue weighted by Crippen LogP contribution is 2.33. The minimum Gasteiger partial charge on any atom is -0.481 e. The molecule has 1 atom stereocenters. The van der Waals surface area contributed by atoms with E-state index in [-0.39, 0.29) is 17.9 Å². The number of fused-ring (bicyclic) bond motifs is 1. The van der Waals surface area contributed by atoms with Crippen molar-refractivity contribution in [2.24, 2.45) is 0 Å². The molecule has 2 N–H and O–H groups in total. The summed E-state index contributed by atoms with van der Waals surface area (Å²) in [6, 6.07) is 17.4. The van der Waals surface area contributed by atoms with Gasteiger partial charge in [0.15, 0.2) is 0 Å². The largest absolute Gasteiger partial charge is 0.481 e. The van der Waals surface area contributed by atoms with E-state index in [0.29, 0.717) is 11.1 Å². The molecule has 2 heterocycles. The SMILES string of the molecule is C[C@H](c1c[nH]c2ccccc12)N(Cc1cccc(CC(=O)O)c1)S(=O)(=O)c1cccnc1. The van der Waals surface area contributed by atoms with Gasteiger partial charge in [0, 0.05) is 42.1 Å². The smallest absolute Gasteiger partial charge is 0.307 e. The molecule has 0 saturated heterocycles. The van der Waals surface area contributed by atoms with Gasteiger partial charge in [-0.3, -0.25) is 9.78 Å². The predicted octanol–water partition coefficient (Wildman–Crippen LogP) is 4.14. The van der Waals surface area contributed by atoms with Crippen LogP contribution >= 0.6 is 0 Å². The summed E-state index contributed by atoms with van der Waals surface area (Å²) in [4.78, 5) is 18.4. The molecule has 0 amide bonds. The number of hydrogen-bond acceptors (Lipinski definition) is 4. The van der Waals surface area contributed by atoms with Gasteiger partial charge in [-0.15, -0.1) is 0 Å². The third kappa shape index (κ3) is 4.42. The Balaban J connectivity index is 1.78. The summed E-state index contributed by atoms with van der Waals surface area (Å²) in [5, 5.41) is 10.1. The van der Waals surface area contributed by atoms with Gasteiger partial charge in [-0.1, -0.05) is 42.5 Å². The number of benzene rings is 2. The van der Waals surface area contributed by atoms with Crippen molar-refractivity contribution in [1.29, 1.82) is 0 Å². The molecule has 4 aromatic rings. The summed E-state index contributed by atoms with van der Waals surface area (Å²) >= 11 is 0. The standard InChI is InChI=1S/C24H23N3O4S/c1-17(22-15-26-23-10-3-2-9-21(22)23)27(32(30,31)20-8-5-11-25-14-20)16-19-7-4-6-18(12-19)13-24(28)29/h2-12,14-15,17,26H,13,16H2,1H3,(H,28,29)/t17-/m1/s1. The third-order valence-corrected chi connectivity index (χ3v) is 7.33. The number of carbonyl (C=O) groups is 1. The van der Waals surface area contributed by atoms with Crippen molar-refractivity contribution in [2.75, 3.05) is 0 Å². The summed E-state index contributed by atoms with van der Waals surface area (Å²) in [6.07, 6.45) is 4.58. The zero-order valence-electron chi connectivity index (χ0n) is 17.5. The van der Waals surface area contributed by atoms with Crippen LogP contribution in [-0.2, 0) is 27.8 Å². The van der Waals surface area contributed by atoms with Crippen molar-refractivity contribution in [3.63, 3.8) is 0 Å². The number of nitrogens with zero attached hydrogens (tertiary/aromatic N) is 2. The Morgan fingerprint density at radius 3 is 2.62 bits per heavy atom. The van der Waals surface area contributed by atoms with E-state index >= 15 is 0 Å². The maximum Gasteiger partial charge on any atom is 0.307 e. The molecule has 0 unspecified atom stereocenters. The molecule has 0 bridgehead atoms. The van der Waals surface area contributed by atoms with Crippen molar-refractivity contribution >= 4 is 26.9 Å². The van der Waals surface area contributed by atoms with Gasteiger partial charge >= 0.3 is 5.97 Å². The molecular weight excluding hydrogens is 426 g/mol. The van der Waals surface area contributed by atoms with Crippen molar-refractivity contribution in [2.45, 2.75) is 30.8 Å². The molecule has 0 saturated carbocycles. The average Bonchev–Trinajstić information content (AvgIpc) is 3.21. The Morgan fingerprint density at radius 2 is 1.88 bits per heavy atom. The van der Waals surface area contributed by atoms with Gasteiger partial charge in [0.1, 0.15) is 4.90 Å². The maximum atomic E-state index is 13.7. The van der Waals surface area contributed by atoms with Crippen LogP contribution in [0.15, 0.2) is 84.1 Å². The molecule has 0 aliphatic carbocycles. The fraction of sp³-hybridized carbons (Fsp3) is 0.167. The lowest BCUT2D eigenvalue weighted by molar-refractivity contribution is -0.136. The Hall–Kier alpha value is -3.49. The van der Waals surface area contributed by atoms with Gasteiger partial charge in [0.2, 0.25) is 10.0 Å². The number of aromatic amines is 1. The third-order valence-electron chi connectivity index (χ3n) is 5.43. The molecule has 0 radical (unpaired) electrons. The highest BCUT2D eigenvalue weighted by molar-refractivity contribution is 7.89. The fourth-order valence-corrected chi connectivity index (χ4v) is 5.42. The van der Waals surface area contributed by atoms with E-state index in [4.69, 9.17) is 5.11 Å².